The summed E-state index contributed by atoms with van der Waals surface area (Å²) >= 11 is 0. The second-order valence-electron chi connectivity index (χ2n) is 18.8. The summed E-state index contributed by atoms with van der Waals surface area (Å²) in [5.74, 6) is 2.03. The van der Waals surface area contributed by atoms with E-state index in [0.717, 1.165) is 58.0 Å². The van der Waals surface area contributed by atoms with E-state index in [4.69, 9.17) is 28.4 Å². The Kier molecular flexibility index (Phi) is 10.6. The van der Waals surface area contributed by atoms with E-state index in [1.807, 2.05) is 0 Å². The Bertz CT molecular complexity index is 1300. The minimum absolute atomic E-state index is 0.0118. The number of fused-ring (bicyclic) bond motifs is 7. The molecule has 53 heavy (non-hydrogen) atoms. The summed E-state index contributed by atoms with van der Waals surface area (Å²) in [6.45, 7) is 8.75. The number of rotatable bonds is 6. The quantitative estimate of drug-likeness (QED) is 0.173. The molecule has 14 heteroatoms. The van der Waals surface area contributed by atoms with Crippen LogP contribution in [0.3, 0.4) is 0 Å². The zero-order chi connectivity index (χ0) is 37.8. The fraction of sp³-hybridized carbons (Fsp3) is 1.00. The van der Waals surface area contributed by atoms with Crippen molar-refractivity contribution in [1.29, 1.82) is 0 Å². The van der Waals surface area contributed by atoms with Crippen LogP contribution in [-0.2, 0) is 28.4 Å². The molecule has 8 rings (SSSR count). The van der Waals surface area contributed by atoms with E-state index in [-0.39, 0.29) is 34.9 Å². The van der Waals surface area contributed by atoms with Crippen molar-refractivity contribution in [1.82, 2.24) is 0 Å². The number of aliphatic hydroxyl groups excluding tert-OH is 8. The van der Waals surface area contributed by atoms with Gasteiger partial charge in [0, 0.05) is 23.7 Å². The highest BCUT2D eigenvalue weighted by atomic mass is 16.8. The molecule has 0 amide bonds. The first-order chi connectivity index (χ1) is 25.2. The second kappa shape index (κ2) is 14.4. The first-order valence-electron chi connectivity index (χ1n) is 20.4. The molecule has 8 N–H and O–H groups in total. The van der Waals surface area contributed by atoms with Crippen LogP contribution in [0.4, 0.5) is 0 Å². The molecule has 4 heterocycles. The van der Waals surface area contributed by atoms with Crippen LogP contribution in [0.2, 0.25) is 0 Å². The van der Waals surface area contributed by atoms with Crippen molar-refractivity contribution in [3.63, 3.8) is 0 Å². The Morgan fingerprint density at radius 2 is 1.40 bits per heavy atom. The van der Waals surface area contributed by atoms with Gasteiger partial charge in [0.2, 0.25) is 0 Å². The van der Waals surface area contributed by atoms with Crippen molar-refractivity contribution >= 4 is 0 Å². The fourth-order valence-electron chi connectivity index (χ4n) is 13.1. The van der Waals surface area contributed by atoms with Gasteiger partial charge in [-0.2, -0.15) is 0 Å². The molecule has 0 unspecified atom stereocenters. The zero-order valence-electron chi connectivity index (χ0n) is 31.6. The molecule has 4 saturated heterocycles. The molecule has 8 aliphatic rings. The molecule has 4 aliphatic heterocycles. The van der Waals surface area contributed by atoms with Crippen molar-refractivity contribution in [2.24, 2.45) is 52.3 Å². The van der Waals surface area contributed by atoms with Crippen LogP contribution in [0.5, 0.6) is 0 Å². The third-order valence-corrected chi connectivity index (χ3v) is 16.3. The van der Waals surface area contributed by atoms with Gasteiger partial charge in [-0.1, -0.05) is 27.7 Å². The molecular formula is C39H64O14. The molecule has 8 fully saturated rings. The fourth-order valence-corrected chi connectivity index (χ4v) is 13.1. The topological polar surface area (TPSA) is 217 Å². The lowest BCUT2D eigenvalue weighted by Crippen LogP contribution is -2.65. The predicted octanol–water partition coefficient (Wildman–Crippen LogP) is 0.413. The summed E-state index contributed by atoms with van der Waals surface area (Å²) in [7, 11) is 0. The molecule has 4 saturated carbocycles. The summed E-state index contributed by atoms with van der Waals surface area (Å²) in [5.41, 5.74) is -0.240. The largest absolute Gasteiger partial charge is 0.394 e. The van der Waals surface area contributed by atoms with Gasteiger partial charge >= 0.3 is 0 Å². The van der Waals surface area contributed by atoms with Crippen LogP contribution in [0, 0.1) is 52.3 Å². The Labute approximate surface area is 312 Å². The smallest absolute Gasteiger partial charge is 0.187 e. The second-order valence-corrected chi connectivity index (χ2v) is 18.8. The molecule has 0 radical (unpaired) electrons. The van der Waals surface area contributed by atoms with Crippen molar-refractivity contribution in [2.45, 2.75) is 171 Å². The molecule has 0 aromatic carbocycles. The summed E-state index contributed by atoms with van der Waals surface area (Å²) in [5, 5.41) is 84.9. The van der Waals surface area contributed by atoms with Gasteiger partial charge in [-0.25, -0.2) is 0 Å². The molecule has 1 spiro atoms. The van der Waals surface area contributed by atoms with E-state index in [0.29, 0.717) is 36.0 Å². The molecule has 0 aromatic rings. The van der Waals surface area contributed by atoms with Crippen LogP contribution < -0.4 is 0 Å². The number of hydrogen-bond acceptors (Lipinski definition) is 14. The van der Waals surface area contributed by atoms with Crippen LogP contribution in [0.25, 0.3) is 0 Å². The summed E-state index contributed by atoms with van der Waals surface area (Å²) in [6, 6.07) is 0. The lowest BCUT2D eigenvalue weighted by molar-refractivity contribution is -0.373. The first kappa shape index (κ1) is 39.3. The van der Waals surface area contributed by atoms with Crippen molar-refractivity contribution in [2.75, 3.05) is 19.8 Å². The highest BCUT2D eigenvalue weighted by Crippen LogP contribution is 2.71. The lowest BCUT2D eigenvalue weighted by Gasteiger charge is -2.62. The zero-order valence-corrected chi connectivity index (χ0v) is 31.6. The molecule has 0 bridgehead atoms. The van der Waals surface area contributed by atoms with E-state index in [2.05, 4.69) is 27.7 Å². The van der Waals surface area contributed by atoms with Crippen LogP contribution >= 0.6 is 0 Å². The summed E-state index contributed by atoms with van der Waals surface area (Å²) in [4.78, 5) is 0. The molecular weight excluding hydrogens is 692 g/mol. The minimum Gasteiger partial charge on any atom is -0.394 e. The first-order valence-corrected chi connectivity index (χ1v) is 20.4. The molecule has 0 aromatic heterocycles. The maximum absolute atomic E-state index is 12.2. The third kappa shape index (κ3) is 6.11. The third-order valence-electron chi connectivity index (χ3n) is 16.3. The number of aliphatic hydroxyl groups is 8. The van der Waals surface area contributed by atoms with Gasteiger partial charge in [0.15, 0.2) is 18.4 Å². The maximum Gasteiger partial charge on any atom is 0.187 e. The number of ether oxygens (including phenoxy) is 6. The standard InChI is InChI=1S/C39H64O14/c1-17-7-10-39(48-16-17)18(2)28-24(53-39)12-23-21-6-5-19-11-20(8-9-37(19,3)22(21)13-27(42)38(23,28)4)49-36-34(32(46)30(44)26(15-41)51-36)52-35-33(47)31(45)29(43)25(14-40)50-35/h17-36,40-47H,5-16H2,1-4H3/t17-,18-,19+,20-,21+,22-,23-,24-,25+,26+,27+,28-,29+,30-,31-,32-,33+,34+,35-,36+,37-,38+,39+/m0/s1. The normalized spacial score (nSPS) is 59.5. The maximum atomic E-state index is 12.2. The lowest BCUT2D eigenvalue weighted by atomic mass is 9.43. The van der Waals surface area contributed by atoms with Crippen LogP contribution in [0.1, 0.15) is 85.5 Å². The Hall–Kier alpha value is -0.560. The van der Waals surface area contributed by atoms with E-state index < -0.39 is 86.5 Å². The number of hydrogen-bond donors (Lipinski definition) is 8. The molecule has 23 atom stereocenters. The highest BCUT2D eigenvalue weighted by Gasteiger charge is 2.71. The van der Waals surface area contributed by atoms with E-state index >= 15 is 0 Å². The highest BCUT2D eigenvalue weighted by molar-refractivity contribution is 5.18. The molecule has 14 nitrogen and oxygen atoms in total. The van der Waals surface area contributed by atoms with Crippen molar-refractivity contribution in [3.05, 3.63) is 0 Å². The average molecular weight is 757 g/mol. The van der Waals surface area contributed by atoms with Crippen LogP contribution in [-0.4, -0.2) is 146 Å². The van der Waals surface area contributed by atoms with E-state index in [1.165, 1.54) is 0 Å². The van der Waals surface area contributed by atoms with Gasteiger partial charge < -0.3 is 69.3 Å². The average Bonchev–Trinajstić information content (AvgIpc) is 3.59. The van der Waals surface area contributed by atoms with E-state index in [1.54, 1.807) is 0 Å². The Morgan fingerprint density at radius 3 is 2.08 bits per heavy atom. The van der Waals surface area contributed by atoms with Crippen molar-refractivity contribution < 1.29 is 69.3 Å². The Balaban J connectivity index is 0.957. The summed E-state index contributed by atoms with van der Waals surface area (Å²) < 4.78 is 37.3. The van der Waals surface area contributed by atoms with Gasteiger partial charge in [-0.05, 0) is 86.4 Å². The van der Waals surface area contributed by atoms with Gasteiger partial charge in [0.05, 0.1) is 38.1 Å². The summed E-state index contributed by atoms with van der Waals surface area (Å²) in [6.07, 6.45) is -7.33. The van der Waals surface area contributed by atoms with Gasteiger partial charge in [0.1, 0.15) is 48.8 Å². The molecule has 4 aliphatic carbocycles. The monoisotopic (exact) mass is 756 g/mol. The van der Waals surface area contributed by atoms with Crippen molar-refractivity contribution in [3.8, 4) is 0 Å². The van der Waals surface area contributed by atoms with Gasteiger partial charge in [-0.3, -0.25) is 0 Å². The van der Waals surface area contributed by atoms with Gasteiger partial charge in [-0.15, -0.1) is 0 Å². The molecule has 304 valence electrons. The minimum atomic E-state index is -1.73. The van der Waals surface area contributed by atoms with Crippen LogP contribution in [0.15, 0.2) is 0 Å². The predicted molar refractivity (Wildman–Crippen MR) is 184 cm³/mol. The van der Waals surface area contributed by atoms with Gasteiger partial charge in [0.25, 0.3) is 0 Å². The van der Waals surface area contributed by atoms with E-state index in [9.17, 15) is 40.9 Å². The Morgan fingerprint density at radius 1 is 0.698 bits per heavy atom. The SMILES string of the molecule is C[C@H]1CC[C@@]2(OC1)O[C@H]1C[C@H]3[C@@H]4CC[C@@H]5C[C@@H](O[C@@H]6O[C@H](CO)[C@H](O)[C@H](O)[C@H]6O[C@@H]6O[C@H](CO)[C@@H](O)[C@H](O)[C@H]6O)CC[C@]5(C)[C@H]4C[C@@H](O)[C@]3(C)[C@H]1[C@@H]2C.